The Morgan fingerprint density at radius 2 is 1.47 bits per heavy atom. The highest BCUT2D eigenvalue weighted by Gasteiger charge is 2.29. The number of alkyl halides is 3. The minimum Gasteiger partial charge on any atom is -0.348 e. The van der Waals surface area contributed by atoms with Crippen LogP contribution in [0.1, 0.15) is 21.5 Å². The lowest BCUT2D eigenvalue weighted by molar-refractivity contribution is -0.137. The molecule has 0 aliphatic rings. The monoisotopic (exact) mass is 470 g/mol. The Kier molecular flexibility index (Phi) is 6.49. The number of carbonyl (C=O) groups excluding carboxylic acids is 1. The largest absolute Gasteiger partial charge is 0.416 e. The van der Waals surface area contributed by atoms with Crippen LogP contribution in [0.15, 0.2) is 71.6 Å². The summed E-state index contributed by atoms with van der Waals surface area (Å²) >= 11 is 0. The molecule has 0 saturated heterocycles. The first kappa shape index (κ1) is 23.2. The maximum atomic E-state index is 13.3. The normalized spacial score (nSPS) is 11.8. The maximum Gasteiger partial charge on any atom is 0.416 e. The first-order valence-electron chi connectivity index (χ1n) is 8.98. The fourth-order valence-electron chi connectivity index (χ4n) is 2.64. The van der Waals surface area contributed by atoms with Gasteiger partial charge >= 0.3 is 6.18 Å². The molecule has 168 valence electrons. The van der Waals surface area contributed by atoms with Crippen LogP contribution < -0.4 is 10.0 Å². The van der Waals surface area contributed by atoms with E-state index in [1.807, 2.05) is 0 Å². The van der Waals surface area contributed by atoms with E-state index in [-0.39, 0.29) is 17.8 Å². The molecule has 0 unspecified atom stereocenters. The summed E-state index contributed by atoms with van der Waals surface area (Å²) in [6, 6.07) is 11.7. The molecule has 0 aliphatic carbocycles. The molecule has 11 heteroatoms. The number of hydrogen-bond acceptors (Lipinski definition) is 3. The number of nitrogens with one attached hydrogen (secondary N) is 2. The molecule has 0 bridgehead atoms. The Morgan fingerprint density at radius 3 is 2.03 bits per heavy atom. The van der Waals surface area contributed by atoms with Gasteiger partial charge in [-0.1, -0.05) is 12.1 Å². The van der Waals surface area contributed by atoms with Gasteiger partial charge in [-0.05, 0) is 60.2 Å². The van der Waals surface area contributed by atoms with E-state index in [1.165, 1.54) is 36.4 Å². The van der Waals surface area contributed by atoms with E-state index in [1.54, 1.807) is 0 Å². The first-order valence-corrected chi connectivity index (χ1v) is 10.5. The summed E-state index contributed by atoms with van der Waals surface area (Å²) in [5.74, 6) is -3.02. The molecule has 0 spiro atoms. The molecule has 3 aromatic carbocycles. The molecule has 3 rings (SSSR count). The Balaban J connectivity index is 1.62. The minimum absolute atomic E-state index is 0.0124. The molecule has 0 saturated carbocycles. The third-order valence-corrected chi connectivity index (χ3v) is 5.71. The van der Waals surface area contributed by atoms with Gasteiger partial charge in [0, 0.05) is 17.8 Å². The van der Waals surface area contributed by atoms with Gasteiger partial charge in [0.1, 0.15) is 0 Å². The van der Waals surface area contributed by atoms with Gasteiger partial charge in [-0.25, -0.2) is 17.2 Å². The highest BCUT2D eigenvalue weighted by Crippen LogP contribution is 2.29. The summed E-state index contributed by atoms with van der Waals surface area (Å²) in [6.45, 7) is -0.0124. The zero-order valence-corrected chi connectivity index (χ0v) is 16.9. The molecule has 5 nitrogen and oxygen atoms in total. The fraction of sp³-hybridized carbons (Fsp3) is 0.0952. The number of hydrogen-bond donors (Lipinski definition) is 2. The van der Waals surface area contributed by atoms with Crippen molar-refractivity contribution in [3.8, 4) is 0 Å². The first-order chi connectivity index (χ1) is 15.0. The second-order valence-corrected chi connectivity index (χ2v) is 8.32. The van der Waals surface area contributed by atoms with E-state index in [2.05, 4.69) is 10.0 Å². The van der Waals surface area contributed by atoms with Gasteiger partial charge in [0.05, 0.1) is 10.5 Å². The number of sulfonamides is 1. The van der Waals surface area contributed by atoms with Crippen molar-refractivity contribution in [3.05, 3.63) is 95.1 Å². The molecule has 32 heavy (non-hydrogen) atoms. The smallest absolute Gasteiger partial charge is 0.348 e. The Hall–Kier alpha value is -3.47. The third kappa shape index (κ3) is 5.61. The van der Waals surface area contributed by atoms with E-state index in [9.17, 15) is 35.2 Å². The molecule has 1 amide bonds. The predicted molar refractivity (Wildman–Crippen MR) is 106 cm³/mol. The standard InChI is InChI=1S/C21H15F5N2O3S/c22-18-10-9-17(11-19(18)23)32(30,31)28-16-7-3-14(4-8-16)20(29)27-12-13-1-5-15(6-2-13)21(24,25)26/h1-11,28H,12H2,(H,27,29). The summed E-state index contributed by atoms with van der Waals surface area (Å²) in [7, 11) is -4.18. The minimum atomic E-state index is -4.45. The van der Waals surface area contributed by atoms with Gasteiger partial charge in [-0.3, -0.25) is 9.52 Å². The van der Waals surface area contributed by atoms with E-state index in [0.29, 0.717) is 17.7 Å². The van der Waals surface area contributed by atoms with E-state index >= 15 is 0 Å². The molecule has 2 N–H and O–H groups in total. The lowest BCUT2D eigenvalue weighted by Gasteiger charge is -2.10. The van der Waals surface area contributed by atoms with Crippen LogP contribution in [0.3, 0.4) is 0 Å². The molecule has 0 atom stereocenters. The fourth-order valence-corrected chi connectivity index (χ4v) is 3.71. The SMILES string of the molecule is O=C(NCc1ccc(C(F)(F)F)cc1)c1ccc(NS(=O)(=O)c2ccc(F)c(F)c2)cc1. The number of benzene rings is 3. The van der Waals surface area contributed by atoms with Gasteiger partial charge in [0.15, 0.2) is 11.6 Å². The van der Waals surface area contributed by atoms with Crippen LogP contribution in [0, 0.1) is 11.6 Å². The molecule has 0 radical (unpaired) electrons. The summed E-state index contributed by atoms with van der Waals surface area (Å²) in [6.07, 6.45) is -4.45. The van der Waals surface area contributed by atoms with Gasteiger partial charge in [-0.2, -0.15) is 13.2 Å². The topological polar surface area (TPSA) is 75.3 Å². The van der Waals surface area contributed by atoms with Crippen LogP contribution in [0.2, 0.25) is 0 Å². The van der Waals surface area contributed by atoms with Gasteiger partial charge in [-0.15, -0.1) is 0 Å². The summed E-state index contributed by atoms with van der Waals surface area (Å²) < 4.78 is 90.8. The van der Waals surface area contributed by atoms with Crippen molar-refractivity contribution >= 4 is 21.6 Å². The third-order valence-electron chi connectivity index (χ3n) is 4.34. The molecule has 3 aromatic rings. The van der Waals surface area contributed by atoms with Crippen molar-refractivity contribution in [3.63, 3.8) is 0 Å². The van der Waals surface area contributed by atoms with E-state index in [0.717, 1.165) is 18.2 Å². The van der Waals surface area contributed by atoms with Crippen molar-refractivity contribution < 1.29 is 35.2 Å². The zero-order valence-electron chi connectivity index (χ0n) is 16.1. The van der Waals surface area contributed by atoms with Gasteiger partial charge in [0.2, 0.25) is 0 Å². The van der Waals surface area contributed by atoms with Crippen molar-refractivity contribution in [1.82, 2.24) is 5.32 Å². The molecular weight excluding hydrogens is 455 g/mol. The van der Waals surface area contributed by atoms with Gasteiger partial charge in [0.25, 0.3) is 15.9 Å². The number of rotatable bonds is 6. The number of amides is 1. The van der Waals surface area contributed by atoms with Crippen LogP contribution in [0.4, 0.5) is 27.6 Å². The Morgan fingerprint density at radius 1 is 0.844 bits per heavy atom. The van der Waals surface area contributed by atoms with Crippen LogP contribution in [0.25, 0.3) is 0 Å². The second-order valence-electron chi connectivity index (χ2n) is 6.64. The number of anilines is 1. The lowest BCUT2D eigenvalue weighted by Crippen LogP contribution is -2.22. The molecule has 0 fully saturated rings. The Labute approximate surface area is 179 Å². The van der Waals surface area contributed by atoms with Crippen LogP contribution in [-0.2, 0) is 22.7 Å². The van der Waals surface area contributed by atoms with Crippen LogP contribution in [-0.4, -0.2) is 14.3 Å². The number of halogens is 5. The van der Waals surface area contributed by atoms with Crippen molar-refractivity contribution in [2.45, 2.75) is 17.6 Å². The predicted octanol–water partition coefficient (Wildman–Crippen LogP) is 4.71. The highest BCUT2D eigenvalue weighted by atomic mass is 32.2. The van der Waals surface area contributed by atoms with Crippen molar-refractivity contribution in [2.75, 3.05) is 4.72 Å². The van der Waals surface area contributed by atoms with E-state index in [4.69, 9.17) is 0 Å². The van der Waals surface area contributed by atoms with E-state index < -0.39 is 44.2 Å². The summed E-state index contributed by atoms with van der Waals surface area (Å²) in [5.41, 5.74) is -0.0852. The highest BCUT2D eigenvalue weighted by molar-refractivity contribution is 7.92. The molecule has 0 aromatic heterocycles. The van der Waals surface area contributed by atoms with Crippen molar-refractivity contribution in [1.29, 1.82) is 0 Å². The van der Waals surface area contributed by atoms with Crippen LogP contribution in [0.5, 0.6) is 0 Å². The average molecular weight is 470 g/mol. The molecule has 0 aliphatic heterocycles. The Bertz CT molecular complexity index is 1230. The summed E-state index contributed by atoms with van der Waals surface area (Å²) in [4.78, 5) is 11.7. The molecule has 0 heterocycles. The molecular formula is C21H15F5N2O3S. The van der Waals surface area contributed by atoms with Crippen LogP contribution >= 0.6 is 0 Å². The average Bonchev–Trinajstić information content (AvgIpc) is 2.74. The summed E-state index contributed by atoms with van der Waals surface area (Å²) in [5, 5.41) is 2.54. The van der Waals surface area contributed by atoms with Crippen molar-refractivity contribution in [2.24, 2.45) is 0 Å². The van der Waals surface area contributed by atoms with Gasteiger partial charge < -0.3 is 5.32 Å². The zero-order chi connectivity index (χ0) is 23.5. The second kappa shape index (κ2) is 8.95. The lowest BCUT2D eigenvalue weighted by atomic mass is 10.1. The maximum absolute atomic E-state index is 13.3. The number of carbonyl (C=O) groups is 1. The quantitative estimate of drug-likeness (QED) is 0.513.